The summed E-state index contributed by atoms with van der Waals surface area (Å²) in [5.74, 6) is 1.24. The molecule has 0 unspecified atom stereocenters. The molecule has 0 aliphatic heterocycles. The standard InChI is InChI=1S/C15H15N3O3/c16-11-7-14(17-8-11)15(19)18(9-12-3-1-5-20-12)10-13-4-2-6-21-13/h1-8,17H,9-10,16H2. The third-order valence-electron chi connectivity index (χ3n) is 3.08. The lowest BCUT2D eigenvalue weighted by Crippen LogP contribution is -2.30. The number of aromatic amines is 1. The van der Waals surface area contributed by atoms with E-state index in [0.717, 1.165) is 0 Å². The van der Waals surface area contributed by atoms with Crippen molar-refractivity contribution in [3.63, 3.8) is 0 Å². The lowest BCUT2D eigenvalue weighted by atomic mass is 10.3. The van der Waals surface area contributed by atoms with Crippen molar-refractivity contribution in [2.75, 3.05) is 5.73 Å². The van der Waals surface area contributed by atoms with E-state index in [1.165, 1.54) is 0 Å². The smallest absolute Gasteiger partial charge is 0.271 e. The maximum Gasteiger partial charge on any atom is 0.271 e. The topological polar surface area (TPSA) is 88.4 Å². The van der Waals surface area contributed by atoms with Crippen LogP contribution in [0.4, 0.5) is 5.69 Å². The molecular weight excluding hydrogens is 270 g/mol. The molecule has 0 aliphatic rings. The Balaban J connectivity index is 1.82. The van der Waals surface area contributed by atoms with E-state index in [9.17, 15) is 4.79 Å². The van der Waals surface area contributed by atoms with Crippen molar-refractivity contribution in [1.82, 2.24) is 9.88 Å². The van der Waals surface area contributed by atoms with Gasteiger partial charge in [0.2, 0.25) is 0 Å². The minimum Gasteiger partial charge on any atom is -0.467 e. The first-order valence-electron chi connectivity index (χ1n) is 6.50. The maximum absolute atomic E-state index is 12.6. The number of furan rings is 2. The zero-order valence-corrected chi connectivity index (χ0v) is 11.3. The average Bonchev–Trinajstić information content (AvgIpc) is 3.19. The number of aromatic nitrogens is 1. The minimum atomic E-state index is -0.167. The van der Waals surface area contributed by atoms with E-state index in [1.54, 1.807) is 41.8 Å². The van der Waals surface area contributed by atoms with Gasteiger partial charge in [-0.2, -0.15) is 0 Å². The summed E-state index contributed by atoms with van der Waals surface area (Å²) in [6.45, 7) is 0.705. The zero-order chi connectivity index (χ0) is 14.7. The summed E-state index contributed by atoms with van der Waals surface area (Å²) < 4.78 is 10.6. The molecule has 1 amide bonds. The Kier molecular flexibility index (Phi) is 3.51. The molecule has 0 spiro atoms. The molecule has 0 bridgehead atoms. The van der Waals surface area contributed by atoms with Crippen molar-refractivity contribution in [3.8, 4) is 0 Å². The summed E-state index contributed by atoms with van der Waals surface area (Å²) in [6.07, 6.45) is 4.75. The van der Waals surface area contributed by atoms with Crippen LogP contribution in [0, 0.1) is 0 Å². The number of anilines is 1. The van der Waals surface area contributed by atoms with Gasteiger partial charge in [-0.05, 0) is 30.3 Å². The van der Waals surface area contributed by atoms with Crippen LogP contribution in [0.15, 0.2) is 57.9 Å². The summed E-state index contributed by atoms with van der Waals surface area (Å²) >= 11 is 0. The van der Waals surface area contributed by atoms with Gasteiger partial charge in [0.15, 0.2) is 0 Å². The molecule has 3 N–H and O–H groups in total. The van der Waals surface area contributed by atoms with E-state index in [2.05, 4.69) is 4.98 Å². The van der Waals surface area contributed by atoms with E-state index >= 15 is 0 Å². The van der Waals surface area contributed by atoms with Crippen molar-refractivity contribution < 1.29 is 13.6 Å². The van der Waals surface area contributed by atoms with Crippen LogP contribution in [0.3, 0.4) is 0 Å². The molecule has 0 aromatic carbocycles. The van der Waals surface area contributed by atoms with Crippen LogP contribution >= 0.6 is 0 Å². The Morgan fingerprint density at radius 2 is 1.76 bits per heavy atom. The summed E-state index contributed by atoms with van der Waals surface area (Å²) in [5, 5.41) is 0. The molecule has 0 atom stereocenters. The Morgan fingerprint density at radius 1 is 1.14 bits per heavy atom. The molecular formula is C15H15N3O3. The van der Waals surface area contributed by atoms with E-state index in [0.29, 0.717) is 36.0 Å². The predicted molar refractivity (Wildman–Crippen MR) is 76.2 cm³/mol. The van der Waals surface area contributed by atoms with E-state index in [1.807, 2.05) is 12.1 Å². The second kappa shape index (κ2) is 5.62. The van der Waals surface area contributed by atoms with Gasteiger partial charge in [0.1, 0.15) is 17.2 Å². The highest BCUT2D eigenvalue weighted by molar-refractivity contribution is 5.93. The first-order valence-corrected chi connectivity index (χ1v) is 6.50. The van der Waals surface area contributed by atoms with E-state index in [4.69, 9.17) is 14.6 Å². The van der Waals surface area contributed by atoms with Crippen LogP contribution in [0.2, 0.25) is 0 Å². The fourth-order valence-electron chi connectivity index (χ4n) is 2.09. The molecule has 3 rings (SSSR count). The number of nitrogen functional groups attached to an aromatic ring is 1. The quantitative estimate of drug-likeness (QED) is 0.754. The number of nitrogens with two attached hydrogens (primary N) is 1. The summed E-state index contributed by atoms with van der Waals surface area (Å²) in [7, 11) is 0. The Hall–Kier alpha value is -2.89. The van der Waals surface area contributed by atoms with Gasteiger partial charge in [0.25, 0.3) is 5.91 Å². The number of rotatable bonds is 5. The molecule has 21 heavy (non-hydrogen) atoms. The Labute approximate surface area is 121 Å². The number of nitrogens with one attached hydrogen (secondary N) is 1. The van der Waals surface area contributed by atoms with E-state index in [-0.39, 0.29) is 5.91 Å². The van der Waals surface area contributed by atoms with Crippen molar-refractivity contribution in [2.24, 2.45) is 0 Å². The fourth-order valence-corrected chi connectivity index (χ4v) is 2.09. The highest BCUT2D eigenvalue weighted by Gasteiger charge is 2.20. The molecule has 6 heteroatoms. The van der Waals surface area contributed by atoms with Gasteiger partial charge >= 0.3 is 0 Å². The minimum absolute atomic E-state index is 0.167. The molecule has 0 saturated heterocycles. The second-order valence-electron chi connectivity index (χ2n) is 4.67. The Morgan fingerprint density at radius 3 is 2.19 bits per heavy atom. The second-order valence-corrected chi connectivity index (χ2v) is 4.67. The molecule has 0 fully saturated rings. The van der Waals surface area contributed by atoms with Crippen molar-refractivity contribution >= 4 is 11.6 Å². The van der Waals surface area contributed by atoms with Gasteiger partial charge in [-0.3, -0.25) is 4.79 Å². The highest BCUT2D eigenvalue weighted by Crippen LogP contribution is 2.15. The number of hydrogen-bond donors (Lipinski definition) is 2. The summed E-state index contributed by atoms with van der Waals surface area (Å²) in [4.78, 5) is 17.1. The van der Waals surface area contributed by atoms with Gasteiger partial charge in [-0.25, -0.2) is 0 Å². The van der Waals surface area contributed by atoms with Crippen LogP contribution < -0.4 is 5.73 Å². The van der Waals surface area contributed by atoms with Crippen molar-refractivity contribution in [3.05, 3.63) is 66.3 Å². The lowest BCUT2D eigenvalue weighted by molar-refractivity contribution is 0.0699. The van der Waals surface area contributed by atoms with Crippen molar-refractivity contribution in [2.45, 2.75) is 13.1 Å². The molecule has 0 radical (unpaired) electrons. The highest BCUT2D eigenvalue weighted by atomic mass is 16.3. The van der Waals surface area contributed by atoms with Gasteiger partial charge in [0, 0.05) is 11.9 Å². The third kappa shape index (κ3) is 3.00. The first kappa shape index (κ1) is 13.1. The van der Waals surface area contributed by atoms with Gasteiger partial charge < -0.3 is 24.5 Å². The average molecular weight is 285 g/mol. The summed E-state index contributed by atoms with van der Waals surface area (Å²) in [5.41, 5.74) is 6.61. The van der Waals surface area contributed by atoms with Crippen LogP contribution in [-0.4, -0.2) is 15.8 Å². The molecule has 3 aromatic rings. The molecule has 6 nitrogen and oxygen atoms in total. The van der Waals surface area contributed by atoms with Crippen LogP contribution in [0.5, 0.6) is 0 Å². The number of hydrogen-bond acceptors (Lipinski definition) is 4. The maximum atomic E-state index is 12.6. The predicted octanol–water partition coefficient (Wildman–Crippen LogP) is 2.63. The summed E-state index contributed by atoms with van der Waals surface area (Å²) in [6, 6.07) is 8.84. The van der Waals surface area contributed by atoms with E-state index < -0.39 is 0 Å². The van der Waals surface area contributed by atoms with Gasteiger partial charge in [0.05, 0.1) is 25.6 Å². The van der Waals surface area contributed by atoms with Crippen LogP contribution in [0.25, 0.3) is 0 Å². The van der Waals surface area contributed by atoms with Gasteiger partial charge in [-0.1, -0.05) is 0 Å². The van der Waals surface area contributed by atoms with Crippen LogP contribution in [0.1, 0.15) is 22.0 Å². The molecule has 3 heterocycles. The lowest BCUT2D eigenvalue weighted by Gasteiger charge is -2.19. The number of nitrogens with zero attached hydrogens (tertiary/aromatic N) is 1. The molecule has 3 aromatic heterocycles. The molecule has 0 aliphatic carbocycles. The number of carbonyl (C=O) groups is 1. The largest absolute Gasteiger partial charge is 0.467 e. The third-order valence-corrected chi connectivity index (χ3v) is 3.08. The zero-order valence-electron chi connectivity index (χ0n) is 11.3. The molecule has 0 saturated carbocycles. The number of amides is 1. The van der Waals surface area contributed by atoms with Gasteiger partial charge in [-0.15, -0.1) is 0 Å². The molecule has 108 valence electrons. The monoisotopic (exact) mass is 285 g/mol. The SMILES string of the molecule is Nc1c[nH]c(C(=O)N(Cc2ccco2)Cc2ccco2)c1. The number of carbonyl (C=O) groups excluding carboxylic acids is 1. The van der Waals surface area contributed by atoms with Crippen molar-refractivity contribution in [1.29, 1.82) is 0 Å². The van der Waals surface area contributed by atoms with Crippen LogP contribution in [-0.2, 0) is 13.1 Å². The normalized spacial score (nSPS) is 10.7. The Bertz CT molecular complexity index is 662. The number of H-pyrrole nitrogens is 1. The fraction of sp³-hybridized carbons (Fsp3) is 0.133. The first-order chi connectivity index (χ1) is 10.2.